The molecule has 0 unspecified atom stereocenters. The number of esters is 1. The van der Waals surface area contributed by atoms with Crippen LogP contribution in [0.5, 0.6) is 0 Å². The number of amides is 2. The van der Waals surface area contributed by atoms with E-state index < -0.39 is 23.7 Å². The number of hydrogen-bond acceptors (Lipinski definition) is 5. The SMILES string of the molecule is COC(=O)[C@@H](Cc1cccc(NC(C)=O)c1)NC(=O)OC(C)(C)C. The summed E-state index contributed by atoms with van der Waals surface area (Å²) in [7, 11) is 1.25. The normalized spacial score (nSPS) is 12.0. The molecule has 0 spiro atoms. The molecule has 1 atom stereocenters. The first-order chi connectivity index (χ1) is 11.1. The predicted molar refractivity (Wildman–Crippen MR) is 89.6 cm³/mol. The van der Waals surface area contributed by atoms with Crippen molar-refractivity contribution in [2.24, 2.45) is 0 Å². The largest absolute Gasteiger partial charge is 0.467 e. The number of alkyl carbamates (subject to hydrolysis) is 1. The Labute approximate surface area is 141 Å². The summed E-state index contributed by atoms with van der Waals surface area (Å²) >= 11 is 0. The molecule has 7 heteroatoms. The number of methoxy groups -OCH3 is 1. The van der Waals surface area contributed by atoms with E-state index in [-0.39, 0.29) is 12.3 Å². The van der Waals surface area contributed by atoms with E-state index in [1.807, 2.05) is 0 Å². The lowest BCUT2D eigenvalue weighted by Crippen LogP contribution is -2.45. The molecule has 2 N–H and O–H groups in total. The maximum atomic E-state index is 11.9. The average Bonchev–Trinajstić information content (AvgIpc) is 2.43. The molecule has 0 bridgehead atoms. The first-order valence-electron chi connectivity index (χ1n) is 7.54. The lowest BCUT2D eigenvalue weighted by Gasteiger charge is -2.22. The van der Waals surface area contributed by atoms with E-state index in [4.69, 9.17) is 9.47 Å². The highest BCUT2D eigenvalue weighted by Gasteiger charge is 2.25. The molecule has 7 nitrogen and oxygen atoms in total. The molecule has 1 rings (SSSR count). The minimum absolute atomic E-state index is 0.191. The van der Waals surface area contributed by atoms with Gasteiger partial charge in [0, 0.05) is 19.0 Å². The van der Waals surface area contributed by atoms with E-state index in [1.165, 1.54) is 14.0 Å². The van der Waals surface area contributed by atoms with Crippen LogP contribution in [0.3, 0.4) is 0 Å². The maximum Gasteiger partial charge on any atom is 0.408 e. The van der Waals surface area contributed by atoms with E-state index in [9.17, 15) is 14.4 Å². The summed E-state index contributed by atoms with van der Waals surface area (Å²) in [6.45, 7) is 6.61. The van der Waals surface area contributed by atoms with Crippen molar-refractivity contribution in [1.29, 1.82) is 0 Å². The second-order valence-corrected chi connectivity index (χ2v) is 6.31. The third-order valence-electron chi connectivity index (χ3n) is 2.86. The van der Waals surface area contributed by atoms with E-state index in [2.05, 4.69) is 10.6 Å². The molecule has 132 valence electrons. The molecular formula is C17H24N2O5. The van der Waals surface area contributed by atoms with Gasteiger partial charge in [-0.15, -0.1) is 0 Å². The van der Waals surface area contributed by atoms with E-state index >= 15 is 0 Å². The van der Waals surface area contributed by atoms with Gasteiger partial charge in [0.1, 0.15) is 11.6 Å². The zero-order chi connectivity index (χ0) is 18.3. The van der Waals surface area contributed by atoms with E-state index in [1.54, 1.807) is 45.0 Å². The monoisotopic (exact) mass is 336 g/mol. The Kier molecular flexibility index (Phi) is 6.76. The van der Waals surface area contributed by atoms with Crippen LogP contribution in [-0.2, 0) is 25.5 Å². The van der Waals surface area contributed by atoms with Gasteiger partial charge in [0.25, 0.3) is 0 Å². The molecule has 0 radical (unpaired) electrons. The smallest absolute Gasteiger partial charge is 0.408 e. The number of nitrogens with one attached hydrogen (secondary N) is 2. The molecule has 0 aliphatic heterocycles. The summed E-state index contributed by atoms with van der Waals surface area (Å²) in [6.07, 6.45) is -0.491. The quantitative estimate of drug-likeness (QED) is 0.804. The van der Waals surface area contributed by atoms with E-state index in [0.29, 0.717) is 5.69 Å². The molecular weight excluding hydrogens is 312 g/mol. The summed E-state index contributed by atoms with van der Waals surface area (Å²) in [6, 6.07) is 6.12. The third-order valence-corrected chi connectivity index (χ3v) is 2.86. The van der Waals surface area contributed by atoms with Crippen LogP contribution in [0.25, 0.3) is 0 Å². The number of ether oxygens (including phenoxy) is 2. The van der Waals surface area contributed by atoms with Crippen LogP contribution < -0.4 is 10.6 Å². The summed E-state index contributed by atoms with van der Waals surface area (Å²) < 4.78 is 9.89. The van der Waals surface area contributed by atoms with Crippen LogP contribution >= 0.6 is 0 Å². The second-order valence-electron chi connectivity index (χ2n) is 6.31. The average molecular weight is 336 g/mol. The minimum Gasteiger partial charge on any atom is -0.467 e. The summed E-state index contributed by atoms with van der Waals surface area (Å²) in [5, 5.41) is 5.18. The Morgan fingerprint density at radius 3 is 2.42 bits per heavy atom. The highest BCUT2D eigenvalue weighted by Crippen LogP contribution is 2.14. The van der Waals surface area contributed by atoms with Crippen LogP contribution in [0.2, 0.25) is 0 Å². The number of carbonyl (C=O) groups excluding carboxylic acids is 3. The van der Waals surface area contributed by atoms with Gasteiger partial charge < -0.3 is 20.1 Å². The van der Waals surface area contributed by atoms with Crippen LogP contribution in [0.1, 0.15) is 33.3 Å². The predicted octanol–water partition coefficient (Wildman–Crippen LogP) is 2.25. The van der Waals surface area contributed by atoms with E-state index in [0.717, 1.165) is 5.56 Å². The summed E-state index contributed by atoms with van der Waals surface area (Å²) in [5.41, 5.74) is 0.699. The van der Waals surface area contributed by atoms with Gasteiger partial charge >= 0.3 is 12.1 Å². The van der Waals surface area contributed by atoms with Crippen molar-refractivity contribution >= 4 is 23.7 Å². The Balaban J connectivity index is 2.85. The number of carbonyl (C=O) groups is 3. The number of benzene rings is 1. The Hall–Kier alpha value is -2.57. The van der Waals surface area contributed by atoms with Gasteiger partial charge in [0.2, 0.25) is 5.91 Å². The van der Waals surface area contributed by atoms with Crippen molar-refractivity contribution < 1.29 is 23.9 Å². The summed E-state index contributed by atoms with van der Waals surface area (Å²) in [5.74, 6) is -0.769. The van der Waals surface area contributed by atoms with Gasteiger partial charge in [-0.3, -0.25) is 4.79 Å². The van der Waals surface area contributed by atoms with Crippen molar-refractivity contribution in [3.8, 4) is 0 Å². The molecule has 0 aliphatic carbocycles. The highest BCUT2D eigenvalue weighted by molar-refractivity contribution is 5.88. The molecule has 0 heterocycles. The first-order valence-corrected chi connectivity index (χ1v) is 7.54. The van der Waals surface area contributed by atoms with Crippen LogP contribution in [0, 0.1) is 0 Å². The lowest BCUT2D eigenvalue weighted by atomic mass is 10.1. The molecule has 0 saturated heterocycles. The van der Waals surface area contributed by atoms with Crippen molar-refractivity contribution in [2.45, 2.75) is 45.8 Å². The zero-order valence-electron chi connectivity index (χ0n) is 14.6. The highest BCUT2D eigenvalue weighted by atomic mass is 16.6. The third kappa shape index (κ3) is 7.13. The molecule has 0 saturated carbocycles. The standard InChI is InChI=1S/C17H24N2O5/c1-11(20)18-13-8-6-7-12(9-13)10-14(15(21)23-5)19-16(22)24-17(2,3)4/h6-9,14H,10H2,1-5H3,(H,18,20)(H,19,22)/t14-/m1/s1. The number of anilines is 1. The molecule has 2 amide bonds. The van der Waals surface area contributed by atoms with Crippen LogP contribution in [-0.4, -0.2) is 36.7 Å². The van der Waals surface area contributed by atoms with Crippen LogP contribution in [0.15, 0.2) is 24.3 Å². The second kappa shape index (κ2) is 8.33. The molecule has 1 aromatic carbocycles. The van der Waals surface area contributed by atoms with Crippen LogP contribution in [0.4, 0.5) is 10.5 Å². The zero-order valence-corrected chi connectivity index (χ0v) is 14.6. The fourth-order valence-electron chi connectivity index (χ4n) is 2.00. The van der Waals surface area contributed by atoms with Gasteiger partial charge in [-0.25, -0.2) is 9.59 Å². The molecule has 0 aromatic heterocycles. The molecule has 1 aromatic rings. The Bertz CT molecular complexity index is 607. The fourth-order valence-corrected chi connectivity index (χ4v) is 2.00. The van der Waals surface area contributed by atoms with Crippen molar-refractivity contribution in [3.05, 3.63) is 29.8 Å². The fraction of sp³-hybridized carbons (Fsp3) is 0.471. The number of hydrogen-bond donors (Lipinski definition) is 2. The molecule has 0 fully saturated rings. The van der Waals surface area contributed by atoms with Gasteiger partial charge in [0.15, 0.2) is 0 Å². The Morgan fingerprint density at radius 2 is 1.88 bits per heavy atom. The van der Waals surface area contributed by atoms with Gasteiger partial charge in [0.05, 0.1) is 7.11 Å². The van der Waals surface area contributed by atoms with Crippen molar-refractivity contribution in [1.82, 2.24) is 5.32 Å². The molecule has 0 aliphatic rings. The van der Waals surface area contributed by atoms with Gasteiger partial charge in [-0.2, -0.15) is 0 Å². The van der Waals surface area contributed by atoms with Crippen molar-refractivity contribution in [3.63, 3.8) is 0 Å². The molecule has 24 heavy (non-hydrogen) atoms. The maximum absolute atomic E-state index is 11.9. The summed E-state index contributed by atoms with van der Waals surface area (Å²) in [4.78, 5) is 34.9. The Morgan fingerprint density at radius 1 is 1.21 bits per heavy atom. The topological polar surface area (TPSA) is 93.7 Å². The van der Waals surface area contributed by atoms with Gasteiger partial charge in [-0.1, -0.05) is 12.1 Å². The first kappa shape index (κ1) is 19.5. The lowest BCUT2D eigenvalue weighted by molar-refractivity contribution is -0.143. The number of rotatable bonds is 5. The minimum atomic E-state index is -0.891. The van der Waals surface area contributed by atoms with Crippen molar-refractivity contribution in [2.75, 3.05) is 12.4 Å². The van der Waals surface area contributed by atoms with Gasteiger partial charge in [-0.05, 0) is 38.5 Å².